The lowest BCUT2D eigenvalue weighted by Crippen LogP contribution is -2.33. The van der Waals surface area contributed by atoms with Gasteiger partial charge < -0.3 is 10.6 Å². The number of hydrogen-bond acceptors (Lipinski definition) is 4. The molecule has 0 saturated carbocycles. The van der Waals surface area contributed by atoms with Crippen LogP contribution in [0, 0.1) is 5.92 Å². The Bertz CT molecular complexity index is 620. The molecule has 6 nitrogen and oxygen atoms in total. The van der Waals surface area contributed by atoms with E-state index in [0.29, 0.717) is 30.9 Å². The predicted octanol–water partition coefficient (Wildman–Crippen LogP) is 1.46. The minimum absolute atomic E-state index is 0.0800. The summed E-state index contributed by atoms with van der Waals surface area (Å²) in [4.78, 5) is 36.8. The van der Waals surface area contributed by atoms with Crippen molar-refractivity contribution in [3.05, 3.63) is 35.4 Å². The third kappa shape index (κ3) is 4.66. The number of rotatable bonds is 6. The summed E-state index contributed by atoms with van der Waals surface area (Å²) in [6, 6.07) is 7.10. The number of likely N-dealkylation sites (tertiary alicyclic amines) is 1. The number of imide groups is 1. The van der Waals surface area contributed by atoms with Crippen LogP contribution in [0.15, 0.2) is 24.3 Å². The van der Waals surface area contributed by atoms with Gasteiger partial charge in [0.05, 0.1) is 6.54 Å². The Hall–Kier alpha value is -2.21. The van der Waals surface area contributed by atoms with Crippen LogP contribution in [0.2, 0.25) is 0 Å². The third-order valence-electron chi connectivity index (χ3n) is 4.95. The molecule has 0 spiro atoms. The molecule has 2 saturated heterocycles. The fraction of sp³-hybridized carbons (Fsp3) is 0.526. The second-order valence-electron chi connectivity index (χ2n) is 6.83. The number of amides is 3. The zero-order chi connectivity index (χ0) is 17.6. The maximum Gasteiger partial charge on any atom is 0.251 e. The summed E-state index contributed by atoms with van der Waals surface area (Å²) in [5, 5.41) is 6.35. The van der Waals surface area contributed by atoms with Gasteiger partial charge in [0.1, 0.15) is 0 Å². The van der Waals surface area contributed by atoms with Gasteiger partial charge in [-0.15, -0.1) is 0 Å². The van der Waals surface area contributed by atoms with Gasteiger partial charge in [0.15, 0.2) is 0 Å². The van der Waals surface area contributed by atoms with Crippen molar-refractivity contribution >= 4 is 17.7 Å². The number of hydrogen-bond donors (Lipinski definition) is 2. The second kappa shape index (κ2) is 8.25. The Morgan fingerprint density at radius 2 is 1.88 bits per heavy atom. The van der Waals surface area contributed by atoms with E-state index in [-0.39, 0.29) is 24.3 Å². The van der Waals surface area contributed by atoms with E-state index in [4.69, 9.17) is 0 Å². The molecule has 2 aliphatic rings. The van der Waals surface area contributed by atoms with Crippen LogP contribution >= 0.6 is 0 Å². The number of carbonyl (C=O) groups is 3. The third-order valence-corrected chi connectivity index (χ3v) is 4.95. The first-order chi connectivity index (χ1) is 12.1. The maximum atomic E-state index is 12.2. The van der Waals surface area contributed by atoms with Crippen molar-refractivity contribution in [2.24, 2.45) is 5.92 Å². The van der Waals surface area contributed by atoms with E-state index in [2.05, 4.69) is 10.6 Å². The van der Waals surface area contributed by atoms with Crippen molar-refractivity contribution in [2.45, 2.75) is 38.6 Å². The minimum Gasteiger partial charge on any atom is -0.352 e. The van der Waals surface area contributed by atoms with E-state index < -0.39 is 0 Å². The lowest BCUT2D eigenvalue weighted by atomic mass is 9.96. The van der Waals surface area contributed by atoms with Gasteiger partial charge in [0, 0.05) is 24.9 Å². The Balaban J connectivity index is 1.47. The summed E-state index contributed by atoms with van der Waals surface area (Å²) in [6.07, 6.45) is 4.04. The molecule has 2 heterocycles. The number of benzene rings is 1. The fourth-order valence-electron chi connectivity index (χ4n) is 3.41. The van der Waals surface area contributed by atoms with Crippen molar-refractivity contribution in [1.29, 1.82) is 0 Å². The Labute approximate surface area is 148 Å². The highest BCUT2D eigenvalue weighted by Gasteiger charge is 2.28. The largest absolute Gasteiger partial charge is 0.352 e. The van der Waals surface area contributed by atoms with Crippen LogP contribution in [0.3, 0.4) is 0 Å². The van der Waals surface area contributed by atoms with Crippen molar-refractivity contribution in [2.75, 3.05) is 19.6 Å². The van der Waals surface area contributed by atoms with Gasteiger partial charge in [-0.25, -0.2) is 0 Å². The molecular weight excluding hydrogens is 318 g/mol. The molecule has 6 heteroatoms. The van der Waals surface area contributed by atoms with Crippen molar-refractivity contribution in [3.8, 4) is 0 Å². The molecule has 3 rings (SSSR count). The summed E-state index contributed by atoms with van der Waals surface area (Å²) >= 11 is 0. The molecule has 2 aliphatic heterocycles. The van der Waals surface area contributed by atoms with Gasteiger partial charge in [-0.05, 0) is 56.0 Å². The first-order valence-electron chi connectivity index (χ1n) is 9.04. The SMILES string of the molecule is O=C(NCCC1CCCNC1)c1ccc(CN2C(=O)CCC2=O)cc1. The molecule has 0 radical (unpaired) electrons. The highest BCUT2D eigenvalue weighted by molar-refractivity contribution is 6.01. The minimum atomic E-state index is -0.121. The highest BCUT2D eigenvalue weighted by atomic mass is 16.2. The monoisotopic (exact) mass is 343 g/mol. The first kappa shape index (κ1) is 17.6. The molecule has 1 aromatic rings. The Morgan fingerprint density at radius 1 is 1.16 bits per heavy atom. The summed E-state index contributed by atoms with van der Waals surface area (Å²) in [6.45, 7) is 3.11. The van der Waals surface area contributed by atoms with Crippen LogP contribution < -0.4 is 10.6 Å². The number of nitrogens with zero attached hydrogens (tertiary/aromatic N) is 1. The van der Waals surface area contributed by atoms with Gasteiger partial charge in [0.2, 0.25) is 11.8 Å². The van der Waals surface area contributed by atoms with Gasteiger partial charge >= 0.3 is 0 Å². The van der Waals surface area contributed by atoms with E-state index in [0.717, 1.165) is 25.1 Å². The van der Waals surface area contributed by atoms with Crippen LogP contribution in [0.25, 0.3) is 0 Å². The average molecular weight is 343 g/mol. The molecule has 0 aliphatic carbocycles. The van der Waals surface area contributed by atoms with Crippen molar-refractivity contribution in [3.63, 3.8) is 0 Å². The van der Waals surface area contributed by atoms with Gasteiger partial charge in [-0.2, -0.15) is 0 Å². The zero-order valence-electron chi connectivity index (χ0n) is 14.4. The molecule has 25 heavy (non-hydrogen) atoms. The molecule has 1 unspecified atom stereocenters. The number of carbonyl (C=O) groups excluding carboxylic acids is 3. The lowest BCUT2D eigenvalue weighted by Gasteiger charge is -2.22. The zero-order valence-corrected chi connectivity index (χ0v) is 14.4. The standard InChI is InChI=1S/C19H25N3O3/c23-17-7-8-18(24)22(17)13-15-3-5-16(6-4-15)19(25)21-11-9-14-2-1-10-20-12-14/h3-6,14,20H,1-2,7-13H2,(H,21,25). The van der Waals surface area contributed by atoms with E-state index in [1.165, 1.54) is 17.7 Å². The Kier molecular flexibility index (Phi) is 5.81. The summed E-state index contributed by atoms with van der Waals surface area (Å²) in [7, 11) is 0. The summed E-state index contributed by atoms with van der Waals surface area (Å²) < 4.78 is 0. The number of nitrogens with one attached hydrogen (secondary N) is 2. The molecule has 1 atom stereocenters. The average Bonchev–Trinajstić information content (AvgIpc) is 2.95. The first-order valence-corrected chi connectivity index (χ1v) is 9.04. The highest BCUT2D eigenvalue weighted by Crippen LogP contribution is 2.16. The summed E-state index contributed by atoms with van der Waals surface area (Å²) in [5.41, 5.74) is 1.46. The van der Waals surface area contributed by atoms with E-state index in [1.807, 2.05) is 0 Å². The van der Waals surface area contributed by atoms with Crippen molar-refractivity contribution < 1.29 is 14.4 Å². The second-order valence-corrected chi connectivity index (χ2v) is 6.83. The number of piperidine rings is 1. The topological polar surface area (TPSA) is 78.5 Å². The lowest BCUT2D eigenvalue weighted by molar-refractivity contribution is -0.139. The van der Waals surface area contributed by atoms with E-state index in [9.17, 15) is 14.4 Å². The molecular formula is C19H25N3O3. The molecule has 2 fully saturated rings. The van der Waals surface area contributed by atoms with E-state index in [1.54, 1.807) is 24.3 Å². The quantitative estimate of drug-likeness (QED) is 0.767. The fourth-order valence-corrected chi connectivity index (χ4v) is 3.41. The maximum absolute atomic E-state index is 12.2. The molecule has 0 aromatic heterocycles. The molecule has 134 valence electrons. The smallest absolute Gasteiger partial charge is 0.251 e. The molecule has 0 bridgehead atoms. The van der Waals surface area contributed by atoms with Crippen LogP contribution in [0.4, 0.5) is 0 Å². The van der Waals surface area contributed by atoms with Crippen LogP contribution in [0.1, 0.15) is 48.0 Å². The van der Waals surface area contributed by atoms with Crippen LogP contribution in [-0.4, -0.2) is 42.3 Å². The predicted molar refractivity (Wildman–Crippen MR) is 93.8 cm³/mol. The van der Waals surface area contributed by atoms with E-state index >= 15 is 0 Å². The van der Waals surface area contributed by atoms with Crippen LogP contribution in [0.5, 0.6) is 0 Å². The molecule has 2 N–H and O–H groups in total. The summed E-state index contributed by atoms with van der Waals surface area (Å²) in [5.74, 6) is 0.323. The van der Waals surface area contributed by atoms with Gasteiger partial charge in [0.25, 0.3) is 5.91 Å². The molecule has 3 amide bonds. The van der Waals surface area contributed by atoms with Gasteiger partial charge in [-0.3, -0.25) is 19.3 Å². The van der Waals surface area contributed by atoms with Crippen LogP contribution in [-0.2, 0) is 16.1 Å². The molecule has 1 aromatic carbocycles. The normalized spacial score (nSPS) is 20.8. The Morgan fingerprint density at radius 3 is 2.52 bits per heavy atom. The van der Waals surface area contributed by atoms with Gasteiger partial charge in [-0.1, -0.05) is 12.1 Å². The van der Waals surface area contributed by atoms with Crippen molar-refractivity contribution in [1.82, 2.24) is 15.5 Å².